The molecule has 2 nitrogen and oxygen atoms in total. The average molecular weight is 652 g/mol. The predicted octanol–water partition coefficient (Wildman–Crippen LogP) is 13.1. The molecule has 0 unspecified atom stereocenters. The molecule has 0 atom stereocenters. The van der Waals surface area contributed by atoms with Crippen LogP contribution in [0.4, 0.5) is 11.4 Å². The first kappa shape index (κ1) is 40.4. The summed E-state index contributed by atoms with van der Waals surface area (Å²) in [6, 6.07) is 16.9. The SMILES string of the molecule is CCCCCCC#Cc1ccc(N=C(CCCC)C(CCCCCCCC)=Nc2ccc(C#CCCCCCC)cc2)cc1.[Ni]. The molecule has 0 heterocycles. The smallest absolute Gasteiger partial charge is 0.0634 e. The minimum Gasteiger partial charge on any atom is -0.252 e. The first-order valence-electron chi connectivity index (χ1n) is 18.0. The van der Waals surface area contributed by atoms with Crippen molar-refractivity contribution in [3.8, 4) is 23.7 Å². The van der Waals surface area contributed by atoms with Crippen LogP contribution in [0.5, 0.6) is 0 Å². The van der Waals surface area contributed by atoms with Gasteiger partial charge in [0.2, 0.25) is 0 Å². The Hall–Kier alpha value is -2.61. The van der Waals surface area contributed by atoms with Crippen LogP contribution >= 0.6 is 0 Å². The van der Waals surface area contributed by atoms with Crippen LogP contribution < -0.4 is 0 Å². The second kappa shape index (κ2) is 27.7. The van der Waals surface area contributed by atoms with E-state index in [0.717, 1.165) is 78.9 Å². The summed E-state index contributed by atoms with van der Waals surface area (Å²) in [4.78, 5) is 10.4. The second-order valence-corrected chi connectivity index (χ2v) is 12.1. The summed E-state index contributed by atoms with van der Waals surface area (Å²) in [7, 11) is 0. The third-order valence-corrected chi connectivity index (χ3v) is 7.91. The minimum absolute atomic E-state index is 0. The summed E-state index contributed by atoms with van der Waals surface area (Å²) >= 11 is 0. The van der Waals surface area contributed by atoms with Gasteiger partial charge in [0.05, 0.1) is 22.8 Å². The molecular weight excluding hydrogens is 591 g/mol. The van der Waals surface area contributed by atoms with Crippen molar-refractivity contribution >= 4 is 22.8 Å². The van der Waals surface area contributed by atoms with E-state index in [1.165, 1.54) is 83.5 Å². The number of benzene rings is 2. The van der Waals surface area contributed by atoms with E-state index in [1.54, 1.807) is 0 Å². The van der Waals surface area contributed by atoms with Crippen LogP contribution in [0.1, 0.15) is 167 Å². The molecular formula is C42H60N2Ni. The number of hydrogen-bond donors (Lipinski definition) is 0. The van der Waals surface area contributed by atoms with Crippen molar-refractivity contribution in [1.29, 1.82) is 0 Å². The molecule has 0 amide bonds. The van der Waals surface area contributed by atoms with Crippen molar-refractivity contribution < 1.29 is 16.5 Å². The first-order valence-corrected chi connectivity index (χ1v) is 18.0. The molecule has 0 spiro atoms. The molecule has 3 heteroatoms. The van der Waals surface area contributed by atoms with Gasteiger partial charge in [0.25, 0.3) is 0 Å². The van der Waals surface area contributed by atoms with Crippen LogP contribution in [0.15, 0.2) is 58.5 Å². The largest absolute Gasteiger partial charge is 0.252 e. The van der Waals surface area contributed by atoms with E-state index in [2.05, 4.69) is 99.9 Å². The van der Waals surface area contributed by atoms with E-state index in [0.29, 0.717) is 0 Å². The monoisotopic (exact) mass is 650 g/mol. The van der Waals surface area contributed by atoms with Gasteiger partial charge < -0.3 is 0 Å². The summed E-state index contributed by atoms with van der Waals surface area (Å²) in [5.74, 6) is 13.4. The molecule has 0 bridgehead atoms. The summed E-state index contributed by atoms with van der Waals surface area (Å²) in [5, 5.41) is 0. The Bertz CT molecular complexity index is 1200. The van der Waals surface area contributed by atoms with Crippen molar-refractivity contribution in [2.75, 3.05) is 0 Å². The van der Waals surface area contributed by atoms with Crippen LogP contribution in [0.3, 0.4) is 0 Å². The third-order valence-electron chi connectivity index (χ3n) is 7.91. The molecule has 0 aliphatic heterocycles. The quantitative estimate of drug-likeness (QED) is 0.0555. The summed E-state index contributed by atoms with van der Waals surface area (Å²) in [6.07, 6.45) is 23.9. The Morgan fingerprint density at radius 1 is 0.444 bits per heavy atom. The van der Waals surface area contributed by atoms with Gasteiger partial charge in [0, 0.05) is 40.5 Å². The van der Waals surface area contributed by atoms with Crippen LogP contribution in [0, 0.1) is 23.7 Å². The third kappa shape index (κ3) is 19.5. The van der Waals surface area contributed by atoms with Crippen molar-refractivity contribution in [2.45, 2.75) is 156 Å². The van der Waals surface area contributed by atoms with Gasteiger partial charge in [0.1, 0.15) is 0 Å². The Morgan fingerprint density at radius 3 is 1.22 bits per heavy atom. The zero-order valence-corrected chi connectivity index (χ0v) is 30.0. The van der Waals surface area contributed by atoms with Crippen molar-refractivity contribution in [3.63, 3.8) is 0 Å². The van der Waals surface area contributed by atoms with Crippen LogP contribution in [0.25, 0.3) is 0 Å². The Balaban J connectivity index is 0.0000101. The van der Waals surface area contributed by atoms with Crippen molar-refractivity contribution in [1.82, 2.24) is 0 Å². The van der Waals surface area contributed by atoms with Crippen LogP contribution in [-0.4, -0.2) is 11.4 Å². The molecule has 45 heavy (non-hydrogen) atoms. The van der Waals surface area contributed by atoms with Crippen LogP contribution in [-0.2, 0) is 16.5 Å². The van der Waals surface area contributed by atoms with E-state index in [-0.39, 0.29) is 16.5 Å². The van der Waals surface area contributed by atoms with Gasteiger partial charge in [-0.15, -0.1) is 0 Å². The molecule has 2 rings (SSSR count). The van der Waals surface area contributed by atoms with Gasteiger partial charge in [-0.1, -0.05) is 128 Å². The Morgan fingerprint density at radius 2 is 0.800 bits per heavy atom. The molecule has 0 aliphatic carbocycles. The van der Waals surface area contributed by atoms with Crippen molar-refractivity contribution in [3.05, 3.63) is 59.7 Å². The summed E-state index contributed by atoms with van der Waals surface area (Å²) in [5.41, 5.74) is 6.39. The van der Waals surface area contributed by atoms with Gasteiger partial charge in [-0.3, -0.25) is 9.98 Å². The number of aliphatic imine (C=N–C) groups is 2. The standard InChI is InChI=1S/C42H60N2.Ni/c1-5-9-13-16-19-22-25-37-29-33-39(34-30-37)43-41(27-12-8-4)42(28-24-21-18-15-11-7-3)44-40-35-31-38(32-36-40)26-23-20-17-14-10-6-2;/h29-36H,5-21,24,27-28H2,1-4H3;. The number of unbranched alkanes of at least 4 members (excludes halogenated alkanes) is 14. The van der Waals surface area contributed by atoms with E-state index >= 15 is 0 Å². The molecule has 0 fully saturated rings. The van der Waals surface area contributed by atoms with Crippen LogP contribution in [0.2, 0.25) is 0 Å². The average Bonchev–Trinajstić information content (AvgIpc) is 3.05. The van der Waals surface area contributed by atoms with Gasteiger partial charge in [-0.2, -0.15) is 0 Å². The van der Waals surface area contributed by atoms with E-state index < -0.39 is 0 Å². The molecule has 0 saturated heterocycles. The minimum atomic E-state index is 0. The van der Waals surface area contributed by atoms with Crippen molar-refractivity contribution in [2.24, 2.45) is 9.98 Å². The molecule has 2 aromatic carbocycles. The van der Waals surface area contributed by atoms with Gasteiger partial charge >= 0.3 is 0 Å². The van der Waals surface area contributed by atoms with Gasteiger partial charge in [0.15, 0.2) is 0 Å². The molecule has 0 saturated carbocycles. The normalized spacial score (nSPS) is 11.3. The molecule has 248 valence electrons. The summed E-state index contributed by atoms with van der Waals surface area (Å²) in [6.45, 7) is 9.02. The maximum absolute atomic E-state index is 5.22. The molecule has 0 aliphatic rings. The fraction of sp³-hybridized carbons (Fsp3) is 0.571. The molecule has 0 radical (unpaired) electrons. The topological polar surface area (TPSA) is 24.7 Å². The maximum Gasteiger partial charge on any atom is 0.0634 e. The fourth-order valence-corrected chi connectivity index (χ4v) is 5.11. The Labute approximate surface area is 287 Å². The van der Waals surface area contributed by atoms with Gasteiger partial charge in [-0.05, 0) is 87.1 Å². The molecule has 2 aromatic rings. The molecule has 0 aromatic heterocycles. The Kier molecular flexibility index (Phi) is 24.9. The fourth-order valence-electron chi connectivity index (χ4n) is 5.11. The number of nitrogens with zero attached hydrogens (tertiary/aromatic N) is 2. The molecule has 0 N–H and O–H groups in total. The first-order chi connectivity index (χ1) is 21.7. The van der Waals surface area contributed by atoms with Gasteiger partial charge in [-0.25, -0.2) is 0 Å². The number of hydrogen-bond acceptors (Lipinski definition) is 2. The predicted molar refractivity (Wildman–Crippen MR) is 196 cm³/mol. The zero-order valence-electron chi connectivity index (χ0n) is 29.0. The van der Waals surface area contributed by atoms with E-state index in [1.807, 2.05) is 0 Å². The maximum atomic E-state index is 5.22. The van der Waals surface area contributed by atoms with E-state index in [9.17, 15) is 0 Å². The zero-order chi connectivity index (χ0) is 31.5. The van der Waals surface area contributed by atoms with E-state index in [4.69, 9.17) is 9.98 Å². The second-order valence-electron chi connectivity index (χ2n) is 12.1. The summed E-state index contributed by atoms with van der Waals surface area (Å²) < 4.78 is 0. The number of rotatable bonds is 21.